The minimum absolute atomic E-state index is 0.0777. The summed E-state index contributed by atoms with van der Waals surface area (Å²) in [5, 5.41) is 0.601. The highest BCUT2D eigenvalue weighted by Crippen LogP contribution is 2.39. The first-order chi connectivity index (χ1) is 13.5. The molecule has 0 saturated carbocycles. The van der Waals surface area contributed by atoms with E-state index in [9.17, 15) is 0 Å². The van der Waals surface area contributed by atoms with Crippen LogP contribution >= 0.6 is 27.5 Å². The Labute approximate surface area is 176 Å². The third kappa shape index (κ3) is 3.44. The quantitative estimate of drug-likeness (QED) is 0.600. The zero-order chi connectivity index (χ0) is 19.8. The molecular weight excluding hydrogens is 446 g/mol. The van der Waals surface area contributed by atoms with Crippen LogP contribution < -0.4 is 10.5 Å². The van der Waals surface area contributed by atoms with Gasteiger partial charge >= 0.3 is 0 Å². The predicted molar refractivity (Wildman–Crippen MR) is 112 cm³/mol. The van der Waals surface area contributed by atoms with E-state index in [1.165, 1.54) is 0 Å². The van der Waals surface area contributed by atoms with Crippen LogP contribution in [-0.2, 0) is 4.74 Å². The van der Waals surface area contributed by atoms with Crippen molar-refractivity contribution in [3.05, 3.63) is 39.3 Å². The first-order valence-electron chi connectivity index (χ1n) is 9.14. The molecule has 2 unspecified atom stereocenters. The van der Waals surface area contributed by atoms with Crippen molar-refractivity contribution >= 4 is 44.5 Å². The van der Waals surface area contributed by atoms with Crippen molar-refractivity contribution in [2.75, 3.05) is 19.5 Å². The molecule has 1 aliphatic rings. The normalized spacial score (nSPS) is 18.4. The molecule has 3 heterocycles. The van der Waals surface area contributed by atoms with Crippen molar-refractivity contribution in [3.63, 3.8) is 0 Å². The van der Waals surface area contributed by atoms with Crippen molar-refractivity contribution in [3.8, 4) is 5.75 Å². The van der Waals surface area contributed by atoms with E-state index >= 15 is 0 Å². The molecular formula is C19H21BrClN5O2. The highest BCUT2D eigenvalue weighted by molar-refractivity contribution is 9.10. The summed E-state index contributed by atoms with van der Waals surface area (Å²) in [6.07, 6.45) is 4.77. The van der Waals surface area contributed by atoms with E-state index < -0.39 is 0 Å². The molecule has 28 heavy (non-hydrogen) atoms. The molecule has 1 fully saturated rings. The second kappa shape index (κ2) is 7.85. The molecule has 3 aromatic rings. The van der Waals surface area contributed by atoms with Crippen molar-refractivity contribution < 1.29 is 9.47 Å². The standard InChI is InChI=1S/C19H21BrClN5O2/c1-10(12-7-11(21)8-13(20)16(12)27-2)18-24-17(22)15-19(25-18)26(9-23-15)14-5-3-4-6-28-14/h7-10,14H,3-6H2,1-2H3,(H2,22,24,25). The number of benzene rings is 1. The molecule has 2 N–H and O–H groups in total. The smallest absolute Gasteiger partial charge is 0.167 e. The van der Waals surface area contributed by atoms with Gasteiger partial charge in [-0.15, -0.1) is 0 Å². The first-order valence-corrected chi connectivity index (χ1v) is 10.3. The molecule has 2 aromatic heterocycles. The van der Waals surface area contributed by atoms with Crippen LogP contribution in [0.4, 0.5) is 5.82 Å². The largest absolute Gasteiger partial charge is 0.495 e. The Morgan fingerprint density at radius 2 is 2.18 bits per heavy atom. The summed E-state index contributed by atoms with van der Waals surface area (Å²) in [4.78, 5) is 13.7. The van der Waals surface area contributed by atoms with Crippen LogP contribution in [0.25, 0.3) is 11.2 Å². The van der Waals surface area contributed by atoms with Crippen LogP contribution in [0, 0.1) is 0 Å². The molecule has 0 aliphatic carbocycles. The third-order valence-electron chi connectivity index (χ3n) is 5.03. The highest BCUT2D eigenvalue weighted by Gasteiger charge is 2.24. The van der Waals surface area contributed by atoms with E-state index in [0.717, 1.165) is 35.9 Å². The maximum atomic E-state index is 6.26. The van der Waals surface area contributed by atoms with Gasteiger partial charge in [0.25, 0.3) is 0 Å². The van der Waals surface area contributed by atoms with Crippen molar-refractivity contribution in [2.45, 2.75) is 38.3 Å². The number of aromatic nitrogens is 4. The highest BCUT2D eigenvalue weighted by atomic mass is 79.9. The Morgan fingerprint density at radius 1 is 1.36 bits per heavy atom. The lowest BCUT2D eigenvalue weighted by molar-refractivity contribution is -0.0298. The number of imidazole rings is 1. The molecule has 1 aliphatic heterocycles. The van der Waals surface area contributed by atoms with Gasteiger partial charge in [0.05, 0.1) is 17.9 Å². The van der Waals surface area contributed by atoms with Crippen molar-refractivity contribution in [2.24, 2.45) is 0 Å². The maximum Gasteiger partial charge on any atom is 0.167 e. The lowest BCUT2D eigenvalue weighted by atomic mass is 9.99. The molecule has 1 aromatic carbocycles. The van der Waals surface area contributed by atoms with Gasteiger partial charge in [0.1, 0.15) is 23.3 Å². The summed E-state index contributed by atoms with van der Waals surface area (Å²) >= 11 is 9.77. The average Bonchev–Trinajstić information content (AvgIpc) is 3.12. The third-order valence-corrected chi connectivity index (χ3v) is 5.83. The van der Waals surface area contributed by atoms with E-state index in [0.29, 0.717) is 33.6 Å². The summed E-state index contributed by atoms with van der Waals surface area (Å²) in [5.74, 6) is 1.44. The number of fused-ring (bicyclic) bond motifs is 1. The molecule has 9 heteroatoms. The number of methoxy groups -OCH3 is 1. The Hall–Kier alpha value is -1.90. The van der Waals surface area contributed by atoms with Crippen LogP contribution in [0.2, 0.25) is 5.02 Å². The summed E-state index contributed by atoms with van der Waals surface area (Å²) in [6, 6.07) is 3.66. The number of nitrogen functional groups attached to an aromatic ring is 1. The Morgan fingerprint density at radius 3 is 2.89 bits per heavy atom. The molecule has 4 rings (SSSR count). The fourth-order valence-electron chi connectivity index (χ4n) is 3.56. The molecule has 2 atom stereocenters. The van der Waals surface area contributed by atoms with Crippen LogP contribution in [-0.4, -0.2) is 33.2 Å². The zero-order valence-electron chi connectivity index (χ0n) is 15.7. The monoisotopic (exact) mass is 465 g/mol. The Bertz CT molecular complexity index is 1020. The summed E-state index contributed by atoms with van der Waals surface area (Å²) in [7, 11) is 1.62. The van der Waals surface area contributed by atoms with E-state index in [2.05, 4.69) is 25.9 Å². The second-order valence-corrected chi connectivity index (χ2v) is 8.13. The van der Waals surface area contributed by atoms with Gasteiger partial charge in [-0.2, -0.15) is 0 Å². The van der Waals surface area contributed by atoms with E-state index in [1.54, 1.807) is 19.5 Å². The molecule has 0 spiro atoms. The van der Waals surface area contributed by atoms with Crippen molar-refractivity contribution in [1.82, 2.24) is 19.5 Å². The van der Waals surface area contributed by atoms with Gasteiger partial charge in [-0.25, -0.2) is 15.0 Å². The second-order valence-electron chi connectivity index (χ2n) is 6.84. The zero-order valence-corrected chi connectivity index (χ0v) is 18.0. The topological polar surface area (TPSA) is 88.1 Å². The van der Waals surface area contributed by atoms with Gasteiger partial charge in [0.2, 0.25) is 0 Å². The van der Waals surface area contributed by atoms with E-state index in [-0.39, 0.29) is 12.1 Å². The number of anilines is 1. The maximum absolute atomic E-state index is 6.26. The minimum Gasteiger partial charge on any atom is -0.495 e. The lowest BCUT2D eigenvalue weighted by Gasteiger charge is -2.24. The molecule has 0 radical (unpaired) electrons. The Balaban J connectivity index is 1.81. The number of hydrogen-bond acceptors (Lipinski definition) is 6. The molecule has 1 saturated heterocycles. The minimum atomic E-state index is -0.188. The van der Waals surface area contributed by atoms with Crippen molar-refractivity contribution in [1.29, 1.82) is 0 Å². The van der Waals surface area contributed by atoms with Gasteiger partial charge < -0.3 is 15.2 Å². The molecule has 0 amide bonds. The lowest BCUT2D eigenvalue weighted by Crippen LogP contribution is -2.18. The number of halogens is 2. The fourth-order valence-corrected chi connectivity index (χ4v) is 4.56. The number of ether oxygens (including phenoxy) is 2. The SMILES string of the molecule is COc1c(Br)cc(Cl)cc1C(C)c1nc(N)c2ncn(C3CCCCO3)c2n1. The van der Waals surface area contributed by atoms with Gasteiger partial charge in [-0.1, -0.05) is 18.5 Å². The van der Waals surface area contributed by atoms with E-state index in [4.69, 9.17) is 31.8 Å². The Kier molecular flexibility index (Phi) is 5.44. The summed E-state index contributed by atoms with van der Waals surface area (Å²) < 4.78 is 14.2. The fraction of sp³-hybridized carbons (Fsp3) is 0.421. The predicted octanol–water partition coefficient (Wildman–Crippen LogP) is 4.68. The summed E-state index contributed by atoms with van der Waals surface area (Å²) in [5.41, 5.74) is 8.36. The summed E-state index contributed by atoms with van der Waals surface area (Å²) in [6.45, 7) is 2.74. The van der Waals surface area contributed by atoms with Crippen LogP contribution in [0.15, 0.2) is 22.9 Å². The number of nitrogens with two attached hydrogens (primary N) is 1. The van der Waals surface area contributed by atoms with Gasteiger partial charge in [0.15, 0.2) is 11.5 Å². The number of rotatable bonds is 4. The molecule has 7 nitrogen and oxygen atoms in total. The van der Waals surface area contributed by atoms with Crippen LogP contribution in [0.3, 0.4) is 0 Å². The van der Waals surface area contributed by atoms with Gasteiger partial charge in [-0.05, 0) is 47.3 Å². The number of nitrogens with zero attached hydrogens (tertiary/aromatic N) is 4. The molecule has 0 bridgehead atoms. The molecule has 148 valence electrons. The van der Waals surface area contributed by atoms with Gasteiger partial charge in [-0.3, -0.25) is 4.57 Å². The average molecular weight is 467 g/mol. The van der Waals surface area contributed by atoms with Gasteiger partial charge in [0, 0.05) is 23.1 Å². The van der Waals surface area contributed by atoms with Crippen LogP contribution in [0.1, 0.15) is 49.7 Å². The van der Waals surface area contributed by atoms with E-state index in [1.807, 2.05) is 17.6 Å². The van der Waals surface area contributed by atoms with Crippen LogP contribution in [0.5, 0.6) is 5.75 Å². The number of hydrogen-bond donors (Lipinski definition) is 1. The first kappa shape index (κ1) is 19.4.